The standard InChI is InChI=1S/C19H20FN3O2/c20-16-5-3-14(4-6-16)19(25)15-2-1-11-23(12-15)18(24)8-7-17-9-10-21-13-22-17/h3-6,9-10,13,15H,1-2,7-8,11-12H2/t15-/m1/s1. The second-order valence-corrected chi connectivity index (χ2v) is 6.25. The SMILES string of the molecule is O=C(c1ccc(F)cc1)[C@@H]1CCCN(C(=O)CCc2ccncn2)C1. The molecule has 1 aliphatic heterocycles. The van der Waals surface area contributed by atoms with Crippen LogP contribution in [0.4, 0.5) is 4.39 Å². The van der Waals surface area contributed by atoms with Crippen molar-refractivity contribution >= 4 is 11.7 Å². The van der Waals surface area contributed by atoms with Crippen LogP contribution in [0.2, 0.25) is 0 Å². The molecule has 0 spiro atoms. The molecule has 1 saturated heterocycles. The van der Waals surface area contributed by atoms with E-state index in [1.54, 1.807) is 17.2 Å². The van der Waals surface area contributed by atoms with E-state index in [2.05, 4.69) is 9.97 Å². The van der Waals surface area contributed by atoms with E-state index in [9.17, 15) is 14.0 Å². The minimum Gasteiger partial charge on any atom is -0.342 e. The molecule has 5 nitrogen and oxygen atoms in total. The smallest absolute Gasteiger partial charge is 0.222 e. The number of hydrogen-bond acceptors (Lipinski definition) is 4. The summed E-state index contributed by atoms with van der Waals surface area (Å²) in [6.07, 6.45) is 5.62. The molecule has 130 valence electrons. The van der Waals surface area contributed by atoms with E-state index in [0.717, 1.165) is 18.5 Å². The lowest BCUT2D eigenvalue weighted by Gasteiger charge is -2.32. The van der Waals surface area contributed by atoms with Crippen LogP contribution >= 0.6 is 0 Å². The number of amides is 1. The van der Waals surface area contributed by atoms with Crippen molar-refractivity contribution < 1.29 is 14.0 Å². The first-order valence-corrected chi connectivity index (χ1v) is 8.46. The van der Waals surface area contributed by atoms with Crippen molar-refractivity contribution in [1.29, 1.82) is 0 Å². The third kappa shape index (κ3) is 4.47. The Kier molecular flexibility index (Phi) is 5.48. The van der Waals surface area contributed by atoms with Crippen molar-refractivity contribution in [3.05, 3.63) is 59.9 Å². The normalized spacial score (nSPS) is 17.3. The minimum absolute atomic E-state index is 0.0201. The number of nitrogens with zero attached hydrogens (tertiary/aromatic N) is 3. The summed E-state index contributed by atoms with van der Waals surface area (Å²) in [5.74, 6) is -0.563. The molecule has 0 bridgehead atoms. The molecule has 1 amide bonds. The van der Waals surface area contributed by atoms with Gasteiger partial charge in [0, 0.05) is 42.9 Å². The number of benzene rings is 1. The minimum atomic E-state index is -0.360. The molecule has 0 radical (unpaired) electrons. The monoisotopic (exact) mass is 341 g/mol. The molecule has 25 heavy (non-hydrogen) atoms. The fraction of sp³-hybridized carbons (Fsp3) is 0.368. The molecule has 1 aromatic carbocycles. The lowest BCUT2D eigenvalue weighted by Crippen LogP contribution is -2.42. The van der Waals surface area contributed by atoms with Gasteiger partial charge in [0.25, 0.3) is 0 Å². The van der Waals surface area contributed by atoms with Gasteiger partial charge in [-0.05, 0) is 49.6 Å². The average Bonchev–Trinajstić information content (AvgIpc) is 2.67. The Balaban J connectivity index is 1.57. The second kappa shape index (κ2) is 7.96. The number of carbonyl (C=O) groups is 2. The number of carbonyl (C=O) groups excluding carboxylic acids is 2. The first kappa shape index (κ1) is 17.2. The van der Waals surface area contributed by atoms with Gasteiger partial charge in [-0.3, -0.25) is 9.59 Å². The van der Waals surface area contributed by atoms with Crippen LogP contribution in [-0.2, 0) is 11.2 Å². The van der Waals surface area contributed by atoms with Crippen LogP contribution in [0.5, 0.6) is 0 Å². The van der Waals surface area contributed by atoms with E-state index in [1.165, 1.54) is 30.6 Å². The van der Waals surface area contributed by atoms with Gasteiger partial charge in [0.05, 0.1) is 0 Å². The van der Waals surface area contributed by atoms with Gasteiger partial charge in [-0.2, -0.15) is 0 Å². The molecule has 1 fully saturated rings. The van der Waals surface area contributed by atoms with Crippen LogP contribution in [0.25, 0.3) is 0 Å². The predicted octanol–water partition coefficient (Wildman–Crippen LogP) is 2.67. The maximum atomic E-state index is 13.0. The molecule has 3 rings (SSSR count). The van der Waals surface area contributed by atoms with E-state index >= 15 is 0 Å². The molecular formula is C19H20FN3O2. The molecular weight excluding hydrogens is 321 g/mol. The molecule has 1 atom stereocenters. The number of rotatable bonds is 5. The molecule has 1 aromatic heterocycles. The molecule has 0 aliphatic carbocycles. The molecule has 0 N–H and O–H groups in total. The Bertz CT molecular complexity index is 734. The van der Waals surface area contributed by atoms with E-state index < -0.39 is 0 Å². The van der Waals surface area contributed by atoms with Crippen molar-refractivity contribution in [2.24, 2.45) is 5.92 Å². The zero-order chi connectivity index (χ0) is 17.6. The van der Waals surface area contributed by atoms with Crippen molar-refractivity contribution in [2.45, 2.75) is 25.7 Å². The lowest BCUT2D eigenvalue weighted by atomic mass is 9.90. The number of piperidine rings is 1. The largest absolute Gasteiger partial charge is 0.342 e. The van der Waals surface area contributed by atoms with Gasteiger partial charge in [-0.15, -0.1) is 0 Å². The van der Waals surface area contributed by atoms with Gasteiger partial charge >= 0.3 is 0 Å². The average molecular weight is 341 g/mol. The Labute approximate surface area is 145 Å². The molecule has 1 aliphatic rings. The van der Waals surface area contributed by atoms with Crippen LogP contribution in [0.3, 0.4) is 0 Å². The Hall–Kier alpha value is -2.63. The first-order valence-electron chi connectivity index (χ1n) is 8.46. The molecule has 6 heteroatoms. The summed E-state index contributed by atoms with van der Waals surface area (Å²) < 4.78 is 13.0. The highest BCUT2D eigenvalue weighted by Gasteiger charge is 2.28. The van der Waals surface area contributed by atoms with Gasteiger partial charge in [0.15, 0.2) is 5.78 Å². The Morgan fingerprint density at radius 2 is 2.00 bits per heavy atom. The number of Topliss-reactive ketones (excluding diaryl/α,β-unsaturated/α-hetero) is 1. The molecule has 2 aromatic rings. The highest BCUT2D eigenvalue weighted by atomic mass is 19.1. The van der Waals surface area contributed by atoms with E-state index in [1.807, 2.05) is 0 Å². The summed E-state index contributed by atoms with van der Waals surface area (Å²) in [7, 11) is 0. The fourth-order valence-electron chi connectivity index (χ4n) is 3.13. The van der Waals surface area contributed by atoms with E-state index in [4.69, 9.17) is 0 Å². The number of ketones is 1. The fourth-order valence-corrected chi connectivity index (χ4v) is 3.13. The molecule has 0 unspecified atom stereocenters. The summed E-state index contributed by atoms with van der Waals surface area (Å²) in [5, 5.41) is 0. The number of aromatic nitrogens is 2. The lowest BCUT2D eigenvalue weighted by molar-refractivity contribution is -0.132. The van der Waals surface area contributed by atoms with Gasteiger partial charge in [0.2, 0.25) is 5.91 Å². The third-order valence-corrected chi connectivity index (χ3v) is 4.51. The van der Waals surface area contributed by atoms with E-state index in [0.29, 0.717) is 31.5 Å². The topological polar surface area (TPSA) is 63.2 Å². The number of likely N-dealkylation sites (tertiary alicyclic amines) is 1. The predicted molar refractivity (Wildman–Crippen MR) is 90.4 cm³/mol. The zero-order valence-electron chi connectivity index (χ0n) is 13.9. The van der Waals surface area contributed by atoms with Crippen LogP contribution in [-0.4, -0.2) is 39.6 Å². The number of aryl methyl sites for hydroxylation is 1. The van der Waals surface area contributed by atoms with Crippen LogP contribution in [0, 0.1) is 11.7 Å². The second-order valence-electron chi connectivity index (χ2n) is 6.25. The van der Waals surface area contributed by atoms with Crippen LogP contribution < -0.4 is 0 Å². The number of hydrogen-bond donors (Lipinski definition) is 0. The summed E-state index contributed by atoms with van der Waals surface area (Å²) >= 11 is 0. The summed E-state index contributed by atoms with van der Waals surface area (Å²) in [4.78, 5) is 34.8. The highest BCUT2D eigenvalue weighted by molar-refractivity contribution is 5.98. The van der Waals surface area contributed by atoms with Crippen LogP contribution in [0.1, 0.15) is 35.3 Å². The van der Waals surface area contributed by atoms with Crippen LogP contribution in [0.15, 0.2) is 42.9 Å². The zero-order valence-corrected chi connectivity index (χ0v) is 13.9. The van der Waals surface area contributed by atoms with Crippen molar-refractivity contribution in [3.63, 3.8) is 0 Å². The van der Waals surface area contributed by atoms with Crippen molar-refractivity contribution in [1.82, 2.24) is 14.9 Å². The quantitative estimate of drug-likeness (QED) is 0.785. The van der Waals surface area contributed by atoms with Crippen molar-refractivity contribution in [3.8, 4) is 0 Å². The van der Waals surface area contributed by atoms with Gasteiger partial charge in [-0.1, -0.05) is 0 Å². The summed E-state index contributed by atoms with van der Waals surface area (Å²) in [5.41, 5.74) is 1.33. The highest BCUT2D eigenvalue weighted by Crippen LogP contribution is 2.22. The first-order chi connectivity index (χ1) is 12.1. The van der Waals surface area contributed by atoms with E-state index in [-0.39, 0.29) is 23.4 Å². The Morgan fingerprint density at radius 1 is 1.20 bits per heavy atom. The van der Waals surface area contributed by atoms with Crippen molar-refractivity contribution in [2.75, 3.05) is 13.1 Å². The molecule has 0 saturated carbocycles. The maximum absolute atomic E-state index is 13.0. The summed E-state index contributed by atoms with van der Waals surface area (Å²) in [6, 6.07) is 7.40. The number of halogens is 1. The van der Waals surface area contributed by atoms with Gasteiger partial charge in [-0.25, -0.2) is 14.4 Å². The third-order valence-electron chi connectivity index (χ3n) is 4.51. The van der Waals surface area contributed by atoms with Gasteiger partial charge in [0.1, 0.15) is 12.1 Å². The Morgan fingerprint density at radius 3 is 2.72 bits per heavy atom. The summed E-state index contributed by atoms with van der Waals surface area (Å²) in [6.45, 7) is 1.11. The maximum Gasteiger partial charge on any atom is 0.222 e. The molecule has 2 heterocycles. The van der Waals surface area contributed by atoms with Gasteiger partial charge < -0.3 is 4.90 Å².